The largest absolute Gasteiger partial charge is 0.399 e. The van der Waals surface area contributed by atoms with Crippen LogP contribution in [0, 0.1) is 5.92 Å². The SMILES string of the molecule is COCCN(CC(C)C)S(=O)(=O)c1cc(N)ccc1Cl. The minimum atomic E-state index is -3.68. The number of rotatable bonds is 7. The molecule has 2 N–H and O–H groups in total. The maximum absolute atomic E-state index is 12.7. The molecule has 20 heavy (non-hydrogen) atoms. The van der Waals surface area contributed by atoms with Crippen molar-refractivity contribution in [3.63, 3.8) is 0 Å². The summed E-state index contributed by atoms with van der Waals surface area (Å²) in [5, 5.41) is 0.172. The van der Waals surface area contributed by atoms with Crippen LogP contribution in [-0.4, -0.2) is 39.5 Å². The smallest absolute Gasteiger partial charge is 0.244 e. The number of nitrogens with two attached hydrogens (primary N) is 1. The number of nitrogens with zero attached hydrogens (tertiary/aromatic N) is 1. The Morgan fingerprint density at radius 3 is 2.60 bits per heavy atom. The van der Waals surface area contributed by atoms with Gasteiger partial charge in [-0.05, 0) is 24.1 Å². The van der Waals surface area contributed by atoms with E-state index in [1.807, 2.05) is 13.8 Å². The van der Waals surface area contributed by atoms with Gasteiger partial charge in [-0.15, -0.1) is 0 Å². The van der Waals surface area contributed by atoms with Crippen LogP contribution in [0.5, 0.6) is 0 Å². The van der Waals surface area contributed by atoms with Gasteiger partial charge in [-0.3, -0.25) is 0 Å². The number of hydrogen-bond donors (Lipinski definition) is 1. The van der Waals surface area contributed by atoms with Crippen molar-refractivity contribution in [2.75, 3.05) is 32.5 Å². The first-order chi connectivity index (χ1) is 9.28. The molecule has 0 bridgehead atoms. The third-order valence-electron chi connectivity index (χ3n) is 2.69. The van der Waals surface area contributed by atoms with Crippen LogP contribution < -0.4 is 5.73 Å². The van der Waals surface area contributed by atoms with E-state index in [1.54, 1.807) is 6.07 Å². The third-order valence-corrected chi connectivity index (χ3v) is 5.03. The van der Waals surface area contributed by atoms with Crippen molar-refractivity contribution in [2.45, 2.75) is 18.7 Å². The van der Waals surface area contributed by atoms with Crippen LogP contribution in [0.2, 0.25) is 5.02 Å². The molecule has 0 radical (unpaired) electrons. The molecule has 0 unspecified atom stereocenters. The van der Waals surface area contributed by atoms with Crippen molar-refractivity contribution < 1.29 is 13.2 Å². The molecule has 1 aromatic carbocycles. The lowest BCUT2D eigenvalue weighted by atomic mass is 10.2. The highest BCUT2D eigenvalue weighted by Gasteiger charge is 2.27. The van der Waals surface area contributed by atoms with E-state index in [-0.39, 0.29) is 22.4 Å². The molecule has 114 valence electrons. The van der Waals surface area contributed by atoms with Crippen molar-refractivity contribution in [1.29, 1.82) is 0 Å². The summed E-state index contributed by atoms with van der Waals surface area (Å²) >= 11 is 6.00. The molecule has 0 saturated carbocycles. The molecule has 0 fully saturated rings. The fourth-order valence-electron chi connectivity index (χ4n) is 1.77. The first-order valence-electron chi connectivity index (χ1n) is 6.33. The maximum Gasteiger partial charge on any atom is 0.244 e. The predicted octanol–water partition coefficient (Wildman–Crippen LogP) is 2.22. The van der Waals surface area contributed by atoms with Gasteiger partial charge in [0.15, 0.2) is 0 Å². The monoisotopic (exact) mass is 320 g/mol. The van der Waals surface area contributed by atoms with Crippen LogP contribution in [-0.2, 0) is 14.8 Å². The lowest BCUT2D eigenvalue weighted by Crippen LogP contribution is -2.36. The molecule has 0 saturated heterocycles. The molecule has 1 aromatic rings. The molecule has 5 nitrogen and oxygen atoms in total. The van der Waals surface area contributed by atoms with Gasteiger partial charge in [-0.1, -0.05) is 25.4 Å². The lowest BCUT2D eigenvalue weighted by Gasteiger charge is -2.24. The number of nitrogen functional groups attached to an aromatic ring is 1. The van der Waals surface area contributed by atoms with Gasteiger partial charge in [0.25, 0.3) is 0 Å². The Hall–Kier alpha value is -0.820. The highest BCUT2D eigenvalue weighted by atomic mass is 35.5. The number of benzene rings is 1. The molecule has 7 heteroatoms. The fraction of sp³-hybridized carbons (Fsp3) is 0.538. The van der Waals surface area contributed by atoms with Gasteiger partial charge in [0.1, 0.15) is 4.90 Å². The van der Waals surface area contributed by atoms with E-state index in [4.69, 9.17) is 22.1 Å². The van der Waals surface area contributed by atoms with Crippen LogP contribution in [0.25, 0.3) is 0 Å². The Kier molecular flexibility index (Phi) is 6.26. The summed E-state index contributed by atoms with van der Waals surface area (Å²) in [7, 11) is -2.14. The van der Waals surface area contributed by atoms with E-state index in [0.29, 0.717) is 18.8 Å². The predicted molar refractivity (Wildman–Crippen MR) is 81.3 cm³/mol. The average Bonchev–Trinajstić information content (AvgIpc) is 2.36. The maximum atomic E-state index is 12.7. The molecular weight excluding hydrogens is 300 g/mol. The van der Waals surface area contributed by atoms with E-state index in [1.165, 1.54) is 23.5 Å². The van der Waals surface area contributed by atoms with Crippen LogP contribution in [0.1, 0.15) is 13.8 Å². The van der Waals surface area contributed by atoms with E-state index >= 15 is 0 Å². The summed E-state index contributed by atoms with van der Waals surface area (Å²) in [5.41, 5.74) is 6.02. The molecule has 0 amide bonds. The summed E-state index contributed by atoms with van der Waals surface area (Å²) in [5.74, 6) is 0.196. The van der Waals surface area contributed by atoms with Crippen LogP contribution in [0.3, 0.4) is 0 Å². The zero-order chi connectivity index (χ0) is 15.3. The van der Waals surface area contributed by atoms with E-state index < -0.39 is 10.0 Å². The van der Waals surface area contributed by atoms with E-state index in [2.05, 4.69) is 0 Å². The quantitative estimate of drug-likeness (QED) is 0.782. The van der Waals surface area contributed by atoms with Gasteiger partial charge in [0.05, 0.1) is 11.6 Å². The van der Waals surface area contributed by atoms with Crippen molar-refractivity contribution in [2.24, 2.45) is 5.92 Å². The molecule has 0 spiro atoms. The number of hydrogen-bond acceptors (Lipinski definition) is 4. The zero-order valence-electron chi connectivity index (χ0n) is 12.0. The number of anilines is 1. The van der Waals surface area contributed by atoms with Crippen molar-refractivity contribution in [1.82, 2.24) is 4.31 Å². The number of methoxy groups -OCH3 is 1. The third kappa shape index (κ3) is 4.34. The summed E-state index contributed by atoms with van der Waals surface area (Å²) in [6.07, 6.45) is 0. The average molecular weight is 321 g/mol. The molecule has 0 aliphatic rings. The first kappa shape index (κ1) is 17.2. The Morgan fingerprint density at radius 2 is 2.05 bits per heavy atom. The zero-order valence-corrected chi connectivity index (χ0v) is 13.5. The Morgan fingerprint density at radius 1 is 1.40 bits per heavy atom. The van der Waals surface area contributed by atoms with Crippen molar-refractivity contribution >= 4 is 27.3 Å². The normalized spacial score (nSPS) is 12.3. The number of sulfonamides is 1. The van der Waals surface area contributed by atoms with Crippen LogP contribution in [0.4, 0.5) is 5.69 Å². The summed E-state index contributed by atoms with van der Waals surface area (Å²) in [4.78, 5) is 0.0379. The van der Waals surface area contributed by atoms with Gasteiger partial charge in [-0.25, -0.2) is 8.42 Å². The van der Waals surface area contributed by atoms with Gasteiger partial charge >= 0.3 is 0 Å². The van der Waals surface area contributed by atoms with Crippen molar-refractivity contribution in [3.8, 4) is 0 Å². The van der Waals surface area contributed by atoms with E-state index in [9.17, 15) is 8.42 Å². The second-order valence-electron chi connectivity index (χ2n) is 4.94. The minimum Gasteiger partial charge on any atom is -0.399 e. The molecule has 0 aliphatic heterocycles. The molecule has 1 rings (SSSR count). The highest BCUT2D eigenvalue weighted by molar-refractivity contribution is 7.89. The van der Waals surface area contributed by atoms with Gasteiger partial charge < -0.3 is 10.5 Å². The minimum absolute atomic E-state index is 0.0379. The van der Waals surface area contributed by atoms with Gasteiger partial charge in [0, 0.05) is 25.9 Å². The second kappa shape index (κ2) is 7.26. The summed E-state index contributed by atoms with van der Waals surface area (Å²) in [6.45, 7) is 4.91. The standard InChI is InChI=1S/C13H21ClN2O3S/c1-10(2)9-16(6-7-19-3)20(17,18)13-8-11(15)4-5-12(13)14/h4-5,8,10H,6-7,9,15H2,1-3H3. The summed E-state index contributed by atoms with van der Waals surface area (Å²) < 4.78 is 31.7. The second-order valence-corrected chi connectivity index (χ2v) is 7.25. The summed E-state index contributed by atoms with van der Waals surface area (Å²) in [6, 6.07) is 4.45. The van der Waals surface area contributed by atoms with E-state index in [0.717, 1.165) is 0 Å². The highest BCUT2D eigenvalue weighted by Crippen LogP contribution is 2.27. The van der Waals surface area contributed by atoms with Crippen molar-refractivity contribution in [3.05, 3.63) is 23.2 Å². The molecule has 0 aromatic heterocycles. The number of ether oxygens (including phenoxy) is 1. The topological polar surface area (TPSA) is 72.6 Å². The Bertz CT molecular complexity index is 547. The fourth-order valence-corrected chi connectivity index (χ4v) is 3.86. The molecule has 0 atom stereocenters. The van der Waals surface area contributed by atoms with Crippen LogP contribution in [0.15, 0.2) is 23.1 Å². The first-order valence-corrected chi connectivity index (χ1v) is 8.15. The molecule has 0 aliphatic carbocycles. The van der Waals surface area contributed by atoms with Gasteiger partial charge in [-0.2, -0.15) is 4.31 Å². The van der Waals surface area contributed by atoms with Gasteiger partial charge in [0.2, 0.25) is 10.0 Å². The van der Waals surface area contributed by atoms with Crippen LogP contribution >= 0.6 is 11.6 Å². The number of halogens is 1. The lowest BCUT2D eigenvalue weighted by molar-refractivity contribution is 0.175. The Labute approximate surface area is 125 Å². The molecular formula is C13H21ClN2O3S. The Balaban J connectivity index is 3.17. The molecule has 0 heterocycles.